The van der Waals surface area contributed by atoms with E-state index in [9.17, 15) is 18.3 Å². The number of H-pyrrole nitrogens is 1. The van der Waals surface area contributed by atoms with Gasteiger partial charge in [-0.3, -0.25) is 0 Å². The topological polar surface area (TPSA) is 70.2 Å². The van der Waals surface area contributed by atoms with Crippen molar-refractivity contribution in [1.82, 2.24) is 15.3 Å². The Morgan fingerprint density at radius 3 is 2.50 bits per heavy atom. The summed E-state index contributed by atoms with van der Waals surface area (Å²) in [5.74, 6) is 0.680. The third-order valence-electron chi connectivity index (χ3n) is 3.64. The summed E-state index contributed by atoms with van der Waals surface area (Å²) in [6.45, 7) is 8.27. The van der Waals surface area contributed by atoms with Crippen LogP contribution in [0, 0.1) is 6.92 Å². The number of halogens is 3. The van der Waals surface area contributed by atoms with Gasteiger partial charge in [0, 0.05) is 17.6 Å². The lowest BCUT2D eigenvalue weighted by atomic mass is 10.1. The van der Waals surface area contributed by atoms with Gasteiger partial charge < -0.3 is 20.1 Å². The molecule has 0 aliphatic carbocycles. The van der Waals surface area contributed by atoms with Crippen LogP contribution in [-0.2, 0) is 6.18 Å². The molecule has 3 N–H and O–H groups in total. The molecule has 1 aromatic carbocycles. The molecule has 0 unspecified atom stereocenters. The van der Waals surface area contributed by atoms with E-state index in [1.807, 2.05) is 20.8 Å². The number of hydrogen-bond donors (Lipinski definition) is 3. The molecule has 1 heterocycles. The maximum Gasteiger partial charge on any atom is 0.432 e. The lowest BCUT2D eigenvalue weighted by molar-refractivity contribution is -0.140. The van der Waals surface area contributed by atoms with E-state index in [4.69, 9.17) is 4.74 Å². The molecule has 1 atom stereocenters. The first-order chi connectivity index (χ1) is 12.0. The third kappa shape index (κ3) is 5.74. The number of aliphatic hydroxyl groups is 1. The van der Waals surface area contributed by atoms with E-state index in [1.165, 1.54) is 0 Å². The standard InChI is InChI=1S/C18H24F3N3O2/c1-11-7-13(26-10-12(25)8-23-17(2,3)4)5-6-14(11)16-22-9-15(24-16)18(19,20)21/h5-7,9,12,23,25H,8,10H2,1-4H3,(H,22,24)/t12-/m0/s1. The van der Waals surface area contributed by atoms with Gasteiger partial charge in [0.2, 0.25) is 0 Å². The Balaban J connectivity index is 2.00. The van der Waals surface area contributed by atoms with Crippen LogP contribution in [0.2, 0.25) is 0 Å². The van der Waals surface area contributed by atoms with Gasteiger partial charge in [0.15, 0.2) is 0 Å². The monoisotopic (exact) mass is 371 g/mol. The van der Waals surface area contributed by atoms with Crippen molar-refractivity contribution in [2.24, 2.45) is 0 Å². The minimum Gasteiger partial charge on any atom is -0.491 e. The minimum absolute atomic E-state index is 0.0997. The van der Waals surface area contributed by atoms with Crippen LogP contribution >= 0.6 is 0 Å². The molecule has 144 valence electrons. The zero-order valence-electron chi connectivity index (χ0n) is 15.2. The molecule has 0 amide bonds. The molecule has 26 heavy (non-hydrogen) atoms. The van der Waals surface area contributed by atoms with Crippen LogP contribution in [0.5, 0.6) is 5.75 Å². The van der Waals surface area contributed by atoms with Crippen LogP contribution < -0.4 is 10.1 Å². The highest BCUT2D eigenvalue weighted by molar-refractivity contribution is 5.61. The smallest absolute Gasteiger partial charge is 0.432 e. The largest absolute Gasteiger partial charge is 0.491 e. The van der Waals surface area contributed by atoms with Gasteiger partial charge in [0.1, 0.15) is 30.0 Å². The predicted molar refractivity (Wildman–Crippen MR) is 93.0 cm³/mol. The van der Waals surface area contributed by atoms with Gasteiger partial charge in [-0.1, -0.05) is 0 Å². The van der Waals surface area contributed by atoms with E-state index in [1.54, 1.807) is 25.1 Å². The Morgan fingerprint density at radius 2 is 1.96 bits per heavy atom. The number of nitrogens with zero attached hydrogens (tertiary/aromatic N) is 1. The second kappa shape index (κ2) is 7.67. The number of ether oxygens (including phenoxy) is 1. The fourth-order valence-corrected chi connectivity index (χ4v) is 2.27. The summed E-state index contributed by atoms with van der Waals surface area (Å²) in [6.07, 6.45) is -4.36. The summed E-state index contributed by atoms with van der Waals surface area (Å²) in [5, 5.41) is 13.1. The molecule has 0 saturated heterocycles. The Bertz CT molecular complexity index is 736. The normalized spacial score (nSPS) is 13.7. The first-order valence-corrected chi connectivity index (χ1v) is 8.25. The second-order valence-corrected chi connectivity index (χ2v) is 7.22. The van der Waals surface area contributed by atoms with E-state index in [0.717, 1.165) is 6.20 Å². The highest BCUT2D eigenvalue weighted by Gasteiger charge is 2.33. The van der Waals surface area contributed by atoms with Crippen molar-refractivity contribution in [3.63, 3.8) is 0 Å². The molecule has 0 bridgehead atoms. The second-order valence-electron chi connectivity index (χ2n) is 7.22. The molecule has 0 radical (unpaired) electrons. The Hall–Kier alpha value is -2.06. The highest BCUT2D eigenvalue weighted by Crippen LogP contribution is 2.31. The Labute approximate surface area is 150 Å². The molecule has 0 saturated carbocycles. The third-order valence-corrected chi connectivity index (χ3v) is 3.64. The lowest BCUT2D eigenvalue weighted by Crippen LogP contribution is -2.42. The molecular weight excluding hydrogens is 347 g/mol. The average molecular weight is 371 g/mol. The summed E-state index contributed by atoms with van der Waals surface area (Å²) in [4.78, 5) is 6.09. The van der Waals surface area contributed by atoms with Crippen molar-refractivity contribution in [1.29, 1.82) is 0 Å². The quantitative estimate of drug-likeness (QED) is 0.727. The number of hydrogen-bond acceptors (Lipinski definition) is 4. The van der Waals surface area contributed by atoms with Crippen molar-refractivity contribution in [3.05, 3.63) is 35.7 Å². The summed E-state index contributed by atoms with van der Waals surface area (Å²) in [6, 6.07) is 4.99. The Kier molecular flexibility index (Phi) is 5.98. The zero-order valence-corrected chi connectivity index (χ0v) is 15.2. The average Bonchev–Trinajstić information content (AvgIpc) is 3.00. The maximum atomic E-state index is 12.7. The number of nitrogens with one attached hydrogen (secondary N) is 2. The van der Waals surface area contributed by atoms with Crippen molar-refractivity contribution in [3.8, 4) is 17.1 Å². The van der Waals surface area contributed by atoms with Gasteiger partial charge in [0.05, 0.1) is 6.20 Å². The fraction of sp³-hybridized carbons (Fsp3) is 0.500. The number of aromatic amines is 1. The molecular formula is C18H24F3N3O2. The zero-order chi connectivity index (χ0) is 19.5. The van der Waals surface area contributed by atoms with E-state index >= 15 is 0 Å². The Morgan fingerprint density at radius 1 is 1.27 bits per heavy atom. The SMILES string of the molecule is Cc1cc(OC[C@@H](O)CNC(C)(C)C)ccc1-c1ncc(C(F)(F)F)[nH]1. The number of imidazole rings is 1. The maximum absolute atomic E-state index is 12.7. The van der Waals surface area contributed by atoms with E-state index in [2.05, 4.69) is 15.3 Å². The summed E-state index contributed by atoms with van der Waals surface area (Å²) < 4.78 is 43.6. The molecule has 5 nitrogen and oxygen atoms in total. The number of aliphatic hydroxyl groups excluding tert-OH is 1. The highest BCUT2D eigenvalue weighted by atomic mass is 19.4. The molecule has 0 spiro atoms. The predicted octanol–water partition coefficient (Wildman–Crippen LogP) is 3.53. The molecule has 8 heteroatoms. The van der Waals surface area contributed by atoms with Gasteiger partial charge in [-0.05, 0) is 51.5 Å². The van der Waals surface area contributed by atoms with Crippen LogP contribution in [0.4, 0.5) is 13.2 Å². The number of β-amino-alcohol motifs (C(OH)–C–C–N with tert-alkyl or cyclic N) is 1. The number of alkyl halides is 3. The van der Waals surface area contributed by atoms with E-state index in [-0.39, 0.29) is 18.0 Å². The summed E-state index contributed by atoms with van der Waals surface area (Å²) >= 11 is 0. The van der Waals surface area contributed by atoms with Crippen molar-refractivity contribution < 1.29 is 23.0 Å². The molecule has 2 rings (SSSR count). The summed E-state index contributed by atoms with van der Waals surface area (Å²) in [5.41, 5.74) is 0.287. The summed E-state index contributed by atoms with van der Waals surface area (Å²) in [7, 11) is 0. The first-order valence-electron chi connectivity index (χ1n) is 8.25. The molecule has 0 fully saturated rings. The van der Waals surface area contributed by atoms with Gasteiger partial charge >= 0.3 is 6.18 Å². The van der Waals surface area contributed by atoms with Crippen molar-refractivity contribution in [2.75, 3.05) is 13.2 Å². The fourth-order valence-electron chi connectivity index (χ4n) is 2.27. The van der Waals surface area contributed by atoms with Crippen LogP contribution in [0.15, 0.2) is 24.4 Å². The van der Waals surface area contributed by atoms with Gasteiger partial charge in [0.25, 0.3) is 0 Å². The van der Waals surface area contributed by atoms with Crippen LogP contribution in [-0.4, -0.2) is 39.9 Å². The molecule has 1 aromatic heterocycles. The van der Waals surface area contributed by atoms with E-state index < -0.39 is 18.0 Å². The molecule has 0 aliphatic rings. The number of rotatable bonds is 6. The van der Waals surface area contributed by atoms with Crippen LogP contribution in [0.25, 0.3) is 11.4 Å². The molecule has 2 aromatic rings. The van der Waals surface area contributed by atoms with Gasteiger partial charge in [-0.15, -0.1) is 0 Å². The number of aromatic nitrogens is 2. The minimum atomic E-state index is -4.46. The number of aryl methyl sites for hydroxylation is 1. The van der Waals surface area contributed by atoms with Crippen LogP contribution in [0.1, 0.15) is 32.0 Å². The first kappa shape index (κ1) is 20.3. The van der Waals surface area contributed by atoms with Crippen LogP contribution in [0.3, 0.4) is 0 Å². The lowest BCUT2D eigenvalue weighted by Gasteiger charge is -2.23. The van der Waals surface area contributed by atoms with E-state index in [0.29, 0.717) is 23.4 Å². The van der Waals surface area contributed by atoms with Gasteiger partial charge in [-0.2, -0.15) is 13.2 Å². The van der Waals surface area contributed by atoms with Crippen molar-refractivity contribution in [2.45, 2.75) is 45.5 Å². The molecule has 0 aliphatic heterocycles. The van der Waals surface area contributed by atoms with Gasteiger partial charge in [-0.25, -0.2) is 4.98 Å². The van der Waals surface area contributed by atoms with Crippen molar-refractivity contribution >= 4 is 0 Å². The number of benzene rings is 1.